The van der Waals surface area contributed by atoms with E-state index in [1.54, 1.807) is 0 Å². The van der Waals surface area contributed by atoms with E-state index in [1.165, 1.54) is 32.1 Å². The van der Waals surface area contributed by atoms with Crippen LogP contribution in [0.4, 0.5) is 5.82 Å². The Kier molecular flexibility index (Phi) is 3.59. The van der Waals surface area contributed by atoms with Gasteiger partial charge in [-0.1, -0.05) is 25.3 Å². The summed E-state index contributed by atoms with van der Waals surface area (Å²) < 4.78 is 0. The normalized spacial score (nSPS) is 19.8. The number of anilines is 1. The number of rotatable bonds is 3. The molecule has 0 saturated heterocycles. The van der Waals surface area contributed by atoms with E-state index >= 15 is 0 Å². The van der Waals surface area contributed by atoms with E-state index < -0.39 is 0 Å². The molecule has 82 valence electrons. The Morgan fingerprint density at radius 2 is 2.07 bits per heavy atom. The number of nitrogens with zero attached hydrogens (tertiary/aromatic N) is 1. The maximum atomic E-state index is 4.30. The molecule has 1 saturated carbocycles. The van der Waals surface area contributed by atoms with Crippen molar-refractivity contribution < 1.29 is 0 Å². The fourth-order valence-corrected chi connectivity index (χ4v) is 2.43. The fraction of sp³-hybridized carbons (Fsp3) is 0.615. The molecule has 0 aromatic carbocycles. The first kappa shape index (κ1) is 10.5. The second-order valence-electron chi connectivity index (χ2n) is 4.55. The van der Waals surface area contributed by atoms with Crippen LogP contribution in [0.25, 0.3) is 0 Å². The van der Waals surface area contributed by atoms with Gasteiger partial charge in [0.05, 0.1) is 0 Å². The van der Waals surface area contributed by atoms with Crippen molar-refractivity contribution in [1.82, 2.24) is 4.98 Å². The van der Waals surface area contributed by atoms with E-state index in [1.807, 2.05) is 24.4 Å². The van der Waals surface area contributed by atoms with Gasteiger partial charge in [-0.25, -0.2) is 4.98 Å². The molecule has 0 amide bonds. The predicted octanol–water partition coefficient (Wildman–Crippen LogP) is 3.46. The highest BCUT2D eigenvalue weighted by atomic mass is 15.0. The summed E-state index contributed by atoms with van der Waals surface area (Å²) in [5.74, 6) is 1.84. The summed E-state index contributed by atoms with van der Waals surface area (Å²) in [6.07, 6.45) is 8.82. The van der Waals surface area contributed by atoms with Gasteiger partial charge < -0.3 is 5.32 Å². The first-order valence-corrected chi connectivity index (χ1v) is 6.04. The van der Waals surface area contributed by atoms with Gasteiger partial charge in [-0.2, -0.15) is 0 Å². The molecule has 1 aliphatic rings. The second kappa shape index (κ2) is 5.15. The highest BCUT2D eigenvalue weighted by Crippen LogP contribution is 2.27. The molecule has 2 rings (SSSR count). The van der Waals surface area contributed by atoms with E-state index in [2.05, 4.69) is 17.2 Å². The van der Waals surface area contributed by atoms with Gasteiger partial charge in [0.2, 0.25) is 0 Å². The van der Waals surface area contributed by atoms with Crippen molar-refractivity contribution in [1.29, 1.82) is 0 Å². The summed E-state index contributed by atoms with van der Waals surface area (Å²) in [4.78, 5) is 4.30. The number of pyridine rings is 1. The Hall–Kier alpha value is -1.05. The molecule has 1 N–H and O–H groups in total. The minimum Gasteiger partial charge on any atom is -0.367 e. The molecule has 1 heterocycles. The summed E-state index contributed by atoms with van der Waals surface area (Å²) in [6, 6.07) is 6.58. The van der Waals surface area contributed by atoms with Gasteiger partial charge in [-0.15, -0.1) is 0 Å². The van der Waals surface area contributed by atoms with Crippen LogP contribution in [0.15, 0.2) is 24.4 Å². The van der Waals surface area contributed by atoms with Crippen LogP contribution in [0.3, 0.4) is 0 Å². The lowest BCUT2D eigenvalue weighted by molar-refractivity contribution is 0.328. The van der Waals surface area contributed by atoms with Gasteiger partial charge >= 0.3 is 0 Å². The number of hydrogen-bond acceptors (Lipinski definition) is 2. The Balaban J connectivity index is 1.88. The minimum absolute atomic E-state index is 0.556. The van der Waals surface area contributed by atoms with Crippen LogP contribution in [0.1, 0.15) is 39.0 Å². The lowest BCUT2D eigenvalue weighted by Crippen LogP contribution is -2.27. The van der Waals surface area contributed by atoms with Crippen molar-refractivity contribution in [3.8, 4) is 0 Å². The van der Waals surface area contributed by atoms with E-state index in [0.29, 0.717) is 6.04 Å². The highest BCUT2D eigenvalue weighted by Gasteiger charge is 2.19. The quantitative estimate of drug-likeness (QED) is 0.815. The van der Waals surface area contributed by atoms with Gasteiger partial charge in [0.15, 0.2) is 0 Å². The minimum atomic E-state index is 0.556. The Morgan fingerprint density at radius 1 is 1.27 bits per heavy atom. The van der Waals surface area contributed by atoms with E-state index in [4.69, 9.17) is 0 Å². The first-order chi connectivity index (χ1) is 7.36. The van der Waals surface area contributed by atoms with Crippen molar-refractivity contribution in [2.24, 2.45) is 5.92 Å². The molecule has 2 nitrogen and oxygen atoms in total. The van der Waals surface area contributed by atoms with Crippen molar-refractivity contribution in [2.45, 2.75) is 45.1 Å². The van der Waals surface area contributed by atoms with Crippen LogP contribution in [0.2, 0.25) is 0 Å². The smallest absolute Gasteiger partial charge is 0.126 e. The number of hydrogen-bond donors (Lipinski definition) is 1. The third-order valence-corrected chi connectivity index (χ3v) is 3.40. The van der Waals surface area contributed by atoms with Crippen LogP contribution < -0.4 is 5.32 Å². The lowest BCUT2D eigenvalue weighted by atomic mass is 9.84. The van der Waals surface area contributed by atoms with Crippen LogP contribution in [0, 0.1) is 5.92 Å². The zero-order valence-electron chi connectivity index (χ0n) is 9.45. The molecule has 0 aliphatic heterocycles. The number of aromatic nitrogens is 1. The third kappa shape index (κ3) is 2.95. The average molecular weight is 204 g/mol. The summed E-state index contributed by atoms with van der Waals surface area (Å²) in [5, 5.41) is 3.50. The topological polar surface area (TPSA) is 24.9 Å². The number of nitrogens with one attached hydrogen (secondary N) is 1. The SMILES string of the molecule is CC(Nc1ccccn1)C1CCCCC1. The van der Waals surface area contributed by atoms with Gasteiger partial charge in [0.1, 0.15) is 5.82 Å². The third-order valence-electron chi connectivity index (χ3n) is 3.40. The fourth-order valence-electron chi connectivity index (χ4n) is 2.43. The van der Waals surface area contributed by atoms with Gasteiger partial charge in [-0.05, 0) is 37.8 Å². The van der Waals surface area contributed by atoms with Crippen molar-refractivity contribution in [2.75, 3.05) is 5.32 Å². The molecule has 1 atom stereocenters. The summed E-state index contributed by atoms with van der Waals surface area (Å²) in [7, 11) is 0. The molecule has 0 spiro atoms. The molecule has 2 heteroatoms. The van der Waals surface area contributed by atoms with Gasteiger partial charge in [-0.3, -0.25) is 0 Å². The predicted molar refractivity (Wildman–Crippen MR) is 63.9 cm³/mol. The molecule has 0 bridgehead atoms. The monoisotopic (exact) mass is 204 g/mol. The van der Waals surface area contributed by atoms with Crippen LogP contribution >= 0.6 is 0 Å². The molecule has 1 aromatic heterocycles. The Bertz CT molecular complexity index is 278. The Morgan fingerprint density at radius 3 is 2.73 bits per heavy atom. The van der Waals surface area contributed by atoms with Crippen LogP contribution in [-0.4, -0.2) is 11.0 Å². The summed E-state index contributed by atoms with van der Waals surface area (Å²) >= 11 is 0. The molecule has 0 radical (unpaired) electrons. The molecule has 1 fully saturated rings. The highest BCUT2D eigenvalue weighted by molar-refractivity contribution is 5.34. The molecule has 1 aliphatic carbocycles. The first-order valence-electron chi connectivity index (χ1n) is 6.04. The molecular weight excluding hydrogens is 184 g/mol. The summed E-state index contributed by atoms with van der Waals surface area (Å²) in [5.41, 5.74) is 0. The largest absolute Gasteiger partial charge is 0.367 e. The van der Waals surface area contributed by atoms with Crippen LogP contribution in [-0.2, 0) is 0 Å². The van der Waals surface area contributed by atoms with Crippen molar-refractivity contribution >= 4 is 5.82 Å². The van der Waals surface area contributed by atoms with E-state index in [0.717, 1.165) is 11.7 Å². The lowest BCUT2D eigenvalue weighted by Gasteiger charge is -2.28. The standard InChI is InChI=1S/C13H20N2/c1-11(12-7-3-2-4-8-12)15-13-9-5-6-10-14-13/h5-6,9-12H,2-4,7-8H2,1H3,(H,14,15). The second-order valence-corrected chi connectivity index (χ2v) is 4.55. The van der Waals surface area contributed by atoms with Gasteiger partial charge in [0.25, 0.3) is 0 Å². The average Bonchev–Trinajstić information content (AvgIpc) is 2.31. The van der Waals surface area contributed by atoms with Crippen molar-refractivity contribution in [3.05, 3.63) is 24.4 Å². The zero-order chi connectivity index (χ0) is 10.5. The van der Waals surface area contributed by atoms with Crippen LogP contribution in [0.5, 0.6) is 0 Å². The maximum Gasteiger partial charge on any atom is 0.126 e. The van der Waals surface area contributed by atoms with Gasteiger partial charge in [0, 0.05) is 12.2 Å². The van der Waals surface area contributed by atoms with E-state index in [-0.39, 0.29) is 0 Å². The summed E-state index contributed by atoms with van der Waals surface area (Å²) in [6.45, 7) is 2.28. The van der Waals surface area contributed by atoms with E-state index in [9.17, 15) is 0 Å². The Labute approximate surface area is 92.1 Å². The molecular formula is C13H20N2. The maximum absolute atomic E-state index is 4.30. The molecule has 15 heavy (non-hydrogen) atoms. The zero-order valence-corrected chi connectivity index (χ0v) is 9.45. The van der Waals surface area contributed by atoms with Crippen molar-refractivity contribution in [3.63, 3.8) is 0 Å². The molecule has 1 aromatic rings. The molecule has 1 unspecified atom stereocenters.